The van der Waals surface area contributed by atoms with E-state index in [1.807, 2.05) is 33.8 Å². The lowest BCUT2D eigenvalue weighted by Crippen LogP contribution is -2.59. The predicted molar refractivity (Wildman–Crippen MR) is 157 cm³/mol. The second kappa shape index (κ2) is 12.4. The molecule has 0 bridgehead atoms. The van der Waals surface area contributed by atoms with Crippen LogP contribution in [0.25, 0.3) is 0 Å². The van der Waals surface area contributed by atoms with Gasteiger partial charge in [0.15, 0.2) is 5.60 Å². The van der Waals surface area contributed by atoms with Crippen molar-refractivity contribution >= 4 is 46.7 Å². The van der Waals surface area contributed by atoms with Crippen LogP contribution in [0.1, 0.15) is 78.7 Å². The molecule has 3 N–H and O–H groups in total. The molecule has 11 nitrogen and oxygen atoms in total. The normalized spacial score (nSPS) is 23.0. The van der Waals surface area contributed by atoms with Gasteiger partial charge in [-0.05, 0) is 36.8 Å². The highest BCUT2D eigenvalue weighted by Gasteiger charge is 2.55. The molecule has 4 rings (SSSR count). The van der Waals surface area contributed by atoms with Crippen molar-refractivity contribution in [1.29, 1.82) is 0 Å². The number of carbonyl (C=O) groups is 5. The summed E-state index contributed by atoms with van der Waals surface area (Å²) in [6.07, 6.45) is 2.91. The minimum absolute atomic E-state index is 0.00135. The average Bonchev–Trinajstić information content (AvgIpc) is 3.51. The van der Waals surface area contributed by atoms with Crippen molar-refractivity contribution in [2.75, 3.05) is 6.54 Å². The number of oxime groups is 1. The molecule has 1 aromatic rings. The molecule has 2 aliphatic heterocycles. The Morgan fingerprint density at radius 2 is 1.88 bits per heavy atom. The van der Waals surface area contributed by atoms with Gasteiger partial charge in [-0.25, -0.2) is 0 Å². The third-order valence-electron chi connectivity index (χ3n) is 7.79. The number of Topliss-reactive ketones (excluding diaryl/α,β-unsaturated/α-hetero) is 1. The minimum Gasteiger partial charge on any atom is -0.387 e. The Bertz CT molecular complexity index is 1290. The van der Waals surface area contributed by atoms with Crippen LogP contribution >= 0.6 is 11.6 Å². The Kier molecular flexibility index (Phi) is 9.30. The highest BCUT2D eigenvalue weighted by molar-refractivity contribution is 6.38. The van der Waals surface area contributed by atoms with Crippen LogP contribution < -0.4 is 16.0 Å². The molecule has 0 aromatic heterocycles. The quantitative estimate of drug-likeness (QED) is 0.351. The summed E-state index contributed by atoms with van der Waals surface area (Å²) in [4.78, 5) is 72.8. The number of halogens is 1. The molecule has 4 amide bonds. The van der Waals surface area contributed by atoms with Gasteiger partial charge in [-0.1, -0.05) is 63.0 Å². The number of hydrogen-bond acceptors (Lipinski definition) is 7. The summed E-state index contributed by atoms with van der Waals surface area (Å²) >= 11 is 6.18. The molecule has 228 valence electrons. The van der Waals surface area contributed by atoms with E-state index in [4.69, 9.17) is 16.4 Å². The molecule has 1 aromatic carbocycles. The molecule has 2 fully saturated rings. The number of hydrogen-bond donors (Lipinski definition) is 3. The molecular weight excluding hydrogens is 562 g/mol. The molecule has 3 aliphatic rings. The van der Waals surface area contributed by atoms with Crippen LogP contribution in [0.2, 0.25) is 5.02 Å². The molecule has 42 heavy (non-hydrogen) atoms. The second-order valence-electron chi connectivity index (χ2n) is 12.6. The number of ketones is 1. The van der Waals surface area contributed by atoms with Gasteiger partial charge in [-0.15, -0.1) is 0 Å². The van der Waals surface area contributed by atoms with Crippen LogP contribution in [-0.4, -0.2) is 76.3 Å². The number of benzene rings is 1. The summed E-state index contributed by atoms with van der Waals surface area (Å²) in [5.74, 6) is -2.82. The number of nitrogens with zero attached hydrogens (tertiary/aromatic N) is 2. The molecular formula is C30H40ClN5O6. The SMILES string of the molecule is CCC[C@H](NC(=O)[C@@H]1C[C@]2(CC(c3cccc(Cl)c3)=NO2)CN1C(=O)[C@@H](NC(C)=O)C(C)(C)C)C(=O)C(=O)NC1CC1. The maximum Gasteiger partial charge on any atom is 0.289 e. The van der Waals surface area contributed by atoms with Gasteiger partial charge in [0.1, 0.15) is 12.1 Å². The van der Waals surface area contributed by atoms with Crippen molar-refractivity contribution < 1.29 is 28.8 Å². The number of nitrogens with one attached hydrogen (secondary N) is 3. The average molecular weight is 602 g/mol. The van der Waals surface area contributed by atoms with E-state index in [1.54, 1.807) is 18.2 Å². The molecule has 1 saturated carbocycles. The Balaban J connectivity index is 1.60. The van der Waals surface area contributed by atoms with E-state index in [0.717, 1.165) is 18.4 Å². The maximum absolute atomic E-state index is 14.1. The fourth-order valence-electron chi connectivity index (χ4n) is 5.44. The van der Waals surface area contributed by atoms with Gasteiger partial charge >= 0.3 is 0 Å². The Morgan fingerprint density at radius 1 is 1.17 bits per heavy atom. The standard InChI is InChI=1S/C30H40ClN5O6/c1-6-8-21(24(38)27(40)33-20-11-12-20)34-26(39)23-15-30(14-22(35-42-30)18-9-7-10-19(31)13-18)16-36(23)28(41)25(29(3,4)5)32-17(2)37/h7,9-10,13,20-21,23,25H,6,8,11-12,14-16H2,1-5H3,(H,32,37)(H,33,40)(H,34,39)/t21-,23-,25+,30+/m0/s1. The zero-order chi connectivity index (χ0) is 30.8. The zero-order valence-electron chi connectivity index (χ0n) is 24.8. The van der Waals surface area contributed by atoms with Gasteiger partial charge in [0, 0.05) is 36.4 Å². The van der Waals surface area contributed by atoms with E-state index < -0.39 is 52.6 Å². The molecule has 1 aliphatic carbocycles. The van der Waals surface area contributed by atoms with E-state index in [9.17, 15) is 24.0 Å². The van der Waals surface area contributed by atoms with Crippen LogP contribution in [0.5, 0.6) is 0 Å². The minimum atomic E-state index is -1.04. The summed E-state index contributed by atoms with van der Waals surface area (Å²) in [5, 5.41) is 13.0. The first-order valence-corrected chi connectivity index (χ1v) is 14.8. The van der Waals surface area contributed by atoms with Crippen molar-refractivity contribution in [3.05, 3.63) is 34.9 Å². The van der Waals surface area contributed by atoms with Crippen LogP contribution in [-0.2, 0) is 28.8 Å². The van der Waals surface area contributed by atoms with Crippen LogP contribution in [0.3, 0.4) is 0 Å². The Morgan fingerprint density at radius 3 is 2.48 bits per heavy atom. The van der Waals surface area contributed by atoms with E-state index in [1.165, 1.54) is 11.8 Å². The van der Waals surface area contributed by atoms with Gasteiger partial charge in [-0.2, -0.15) is 0 Å². The molecule has 2 heterocycles. The lowest BCUT2D eigenvalue weighted by Gasteiger charge is -2.35. The lowest BCUT2D eigenvalue weighted by molar-refractivity contribution is -0.145. The maximum atomic E-state index is 14.1. The lowest BCUT2D eigenvalue weighted by atomic mass is 9.85. The summed E-state index contributed by atoms with van der Waals surface area (Å²) < 4.78 is 0. The first-order valence-electron chi connectivity index (χ1n) is 14.5. The van der Waals surface area contributed by atoms with E-state index in [2.05, 4.69) is 21.1 Å². The van der Waals surface area contributed by atoms with E-state index in [-0.39, 0.29) is 31.3 Å². The van der Waals surface area contributed by atoms with Crippen molar-refractivity contribution in [3.8, 4) is 0 Å². The highest BCUT2D eigenvalue weighted by atomic mass is 35.5. The number of carbonyl (C=O) groups excluding carboxylic acids is 5. The predicted octanol–water partition coefficient (Wildman–Crippen LogP) is 2.49. The van der Waals surface area contributed by atoms with Crippen LogP contribution in [0, 0.1) is 5.41 Å². The number of amides is 4. The zero-order valence-corrected chi connectivity index (χ0v) is 25.5. The summed E-state index contributed by atoms with van der Waals surface area (Å²) in [6, 6.07) is 4.19. The summed E-state index contributed by atoms with van der Waals surface area (Å²) in [6.45, 7) is 8.71. The van der Waals surface area contributed by atoms with Gasteiger partial charge in [0.05, 0.1) is 18.3 Å². The highest BCUT2D eigenvalue weighted by Crippen LogP contribution is 2.40. The largest absolute Gasteiger partial charge is 0.387 e. The smallest absolute Gasteiger partial charge is 0.289 e. The van der Waals surface area contributed by atoms with Crippen molar-refractivity contribution in [3.63, 3.8) is 0 Å². The van der Waals surface area contributed by atoms with Gasteiger partial charge in [-0.3, -0.25) is 24.0 Å². The van der Waals surface area contributed by atoms with Crippen molar-refractivity contribution in [2.24, 2.45) is 10.6 Å². The molecule has 0 radical (unpaired) electrons. The second-order valence-corrected chi connectivity index (χ2v) is 13.1. The van der Waals surface area contributed by atoms with Crippen molar-refractivity contribution in [2.45, 2.75) is 103 Å². The molecule has 4 atom stereocenters. The third-order valence-corrected chi connectivity index (χ3v) is 8.03. The summed E-state index contributed by atoms with van der Waals surface area (Å²) in [5.41, 5.74) is -0.260. The topological polar surface area (TPSA) is 146 Å². The number of likely N-dealkylation sites (tertiary alicyclic amines) is 1. The Labute approximate surface area is 251 Å². The first kappa shape index (κ1) is 31.5. The van der Waals surface area contributed by atoms with Gasteiger partial charge in [0.2, 0.25) is 23.5 Å². The van der Waals surface area contributed by atoms with E-state index >= 15 is 0 Å². The third kappa shape index (κ3) is 7.29. The molecule has 1 spiro atoms. The first-order chi connectivity index (χ1) is 19.7. The molecule has 1 saturated heterocycles. The van der Waals surface area contributed by atoms with Gasteiger partial charge in [0.25, 0.3) is 5.91 Å². The van der Waals surface area contributed by atoms with Crippen LogP contribution in [0.15, 0.2) is 29.4 Å². The number of rotatable bonds is 10. The molecule has 0 unspecified atom stereocenters. The van der Waals surface area contributed by atoms with E-state index in [0.29, 0.717) is 23.6 Å². The monoisotopic (exact) mass is 601 g/mol. The van der Waals surface area contributed by atoms with Crippen LogP contribution in [0.4, 0.5) is 0 Å². The van der Waals surface area contributed by atoms with Crippen molar-refractivity contribution in [1.82, 2.24) is 20.9 Å². The van der Waals surface area contributed by atoms with Gasteiger partial charge < -0.3 is 25.7 Å². The molecule has 12 heteroatoms. The fraction of sp³-hybridized carbons (Fsp3) is 0.600. The Hall–Kier alpha value is -3.47. The fourth-order valence-corrected chi connectivity index (χ4v) is 5.63. The summed E-state index contributed by atoms with van der Waals surface area (Å²) in [7, 11) is 0.